The van der Waals surface area contributed by atoms with Gasteiger partial charge in [0.1, 0.15) is 11.3 Å². The number of anilines is 1. The molecule has 1 saturated heterocycles. The third-order valence-electron chi connectivity index (χ3n) is 5.65. The summed E-state index contributed by atoms with van der Waals surface area (Å²) in [6.45, 7) is 1.58. The van der Waals surface area contributed by atoms with E-state index in [9.17, 15) is 13.2 Å². The van der Waals surface area contributed by atoms with Crippen molar-refractivity contribution in [1.82, 2.24) is 19.3 Å². The minimum Gasteiger partial charge on any atom is -0.495 e. The van der Waals surface area contributed by atoms with Crippen molar-refractivity contribution in [2.24, 2.45) is 0 Å². The minimum absolute atomic E-state index is 0.143. The van der Waals surface area contributed by atoms with Crippen LogP contribution in [-0.2, 0) is 21.4 Å². The van der Waals surface area contributed by atoms with Crippen molar-refractivity contribution in [3.8, 4) is 5.75 Å². The first-order chi connectivity index (χ1) is 15.9. The Labute approximate surface area is 197 Å². The van der Waals surface area contributed by atoms with Crippen molar-refractivity contribution >= 4 is 44.3 Å². The van der Waals surface area contributed by atoms with Gasteiger partial charge in [0, 0.05) is 31.7 Å². The van der Waals surface area contributed by atoms with Gasteiger partial charge in [-0.1, -0.05) is 23.2 Å². The molecule has 1 fully saturated rings. The van der Waals surface area contributed by atoms with Crippen LogP contribution < -0.4 is 10.1 Å². The van der Waals surface area contributed by atoms with Gasteiger partial charge in [-0.05, 0) is 55.7 Å². The van der Waals surface area contributed by atoms with Crippen LogP contribution >= 0.6 is 11.6 Å². The van der Waals surface area contributed by atoms with E-state index in [1.165, 1.54) is 11.4 Å². The monoisotopic (exact) mass is 491 g/mol. The molecule has 0 bridgehead atoms. The van der Waals surface area contributed by atoms with Gasteiger partial charge in [-0.2, -0.15) is 4.31 Å². The van der Waals surface area contributed by atoms with Crippen LogP contribution in [0.2, 0.25) is 5.02 Å². The van der Waals surface area contributed by atoms with Gasteiger partial charge in [-0.25, -0.2) is 13.1 Å². The molecule has 2 heterocycles. The number of amides is 1. The Hall–Kier alpha value is -2.69. The molecule has 0 atom stereocenters. The minimum atomic E-state index is -3.52. The fourth-order valence-electron chi connectivity index (χ4n) is 3.89. The molecule has 0 spiro atoms. The van der Waals surface area contributed by atoms with Gasteiger partial charge in [0.2, 0.25) is 15.9 Å². The SMILES string of the molecule is COc1ccc(NC(=O)CCCn2nnc3cc(S(=O)(=O)N4CCCCC4)ccc32)cc1Cl. The molecule has 4 rings (SSSR count). The molecule has 1 N–H and O–H groups in total. The third kappa shape index (κ3) is 5.29. The lowest BCUT2D eigenvalue weighted by molar-refractivity contribution is -0.116. The van der Waals surface area contributed by atoms with E-state index in [1.807, 2.05) is 0 Å². The molecule has 1 amide bonds. The summed E-state index contributed by atoms with van der Waals surface area (Å²) in [6.07, 6.45) is 3.66. The molecule has 3 aromatic rings. The standard InChI is InChI=1S/C22H26ClN5O4S/c1-32-21-10-7-16(14-18(21)23)24-22(29)6-5-13-28-20-9-8-17(15-19(20)25-26-28)33(30,31)27-11-3-2-4-12-27/h7-10,14-15H,2-6,11-13H2,1H3,(H,24,29). The van der Waals surface area contributed by atoms with E-state index in [-0.39, 0.29) is 17.2 Å². The first-order valence-electron chi connectivity index (χ1n) is 10.9. The highest BCUT2D eigenvalue weighted by Crippen LogP contribution is 2.27. The van der Waals surface area contributed by atoms with E-state index in [4.69, 9.17) is 16.3 Å². The van der Waals surface area contributed by atoms with E-state index in [2.05, 4.69) is 15.6 Å². The lowest BCUT2D eigenvalue weighted by Gasteiger charge is -2.25. The summed E-state index contributed by atoms with van der Waals surface area (Å²) in [5.41, 5.74) is 1.85. The van der Waals surface area contributed by atoms with E-state index >= 15 is 0 Å². The summed E-state index contributed by atoms with van der Waals surface area (Å²) >= 11 is 6.09. The summed E-state index contributed by atoms with van der Waals surface area (Å²) in [7, 11) is -1.99. The van der Waals surface area contributed by atoms with Gasteiger partial charge < -0.3 is 10.1 Å². The highest BCUT2D eigenvalue weighted by atomic mass is 35.5. The molecule has 0 unspecified atom stereocenters. The van der Waals surface area contributed by atoms with Crippen molar-refractivity contribution in [2.45, 2.75) is 43.5 Å². The molecule has 0 saturated carbocycles. The van der Waals surface area contributed by atoms with Crippen molar-refractivity contribution in [1.29, 1.82) is 0 Å². The number of nitrogens with zero attached hydrogens (tertiary/aromatic N) is 4. The number of carbonyl (C=O) groups is 1. The summed E-state index contributed by atoms with van der Waals surface area (Å²) in [5.74, 6) is 0.398. The van der Waals surface area contributed by atoms with E-state index in [1.54, 1.807) is 41.1 Å². The first kappa shape index (κ1) is 23.5. The first-order valence-corrected chi connectivity index (χ1v) is 12.7. The van der Waals surface area contributed by atoms with Crippen LogP contribution in [-0.4, -0.2) is 53.8 Å². The van der Waals surface area contributed by atoms with Crippen LogP contribution in [0.5, 0.6) is 5.75 Å². The maximum atomic E-state index is 12.9. The number of halogens is 1. The molecule has 1 aliphatic heterocycles. The van der Waals surface area contributed by atoms with Crippen LogP contribution in [0.4, 0.5) is 5.69 Å². The Morgan fingerprint density at radius 2 is 1.94 bits per heavy atom. The molecular weight excluding hydrogens is 466 g/mol. The number of aromatic nitrogens is 3. The lowest BCUT2D eigenvalue weighted by atomic mass is 10.2. The Kier molecular flexibility index (Phi) is 7.16. The number of piperidine rings is 1. The van der Waals surface area contributed by atoms with Crippen LogP contribution in [0.3, 0.4) is 0 Å². The Morgan fingerprint density at radius 1 is 1.15 bits per heavy atom. The van der Waals surface area contributed by atoms with Gasteiger partial charge in [0.25, 0.3) is 0 Å². The fraction of sp³-hybridized carbons (Fsp3) is 0.409. The summed E-state index contributed by atoms with van der Waals surface area (Å²) in [6, 6.07) is 9.96. The molecule has 11 heteroatoms. The number of carbonyl (C=O) groups excluding carboxylic acids is 1. The molecule has 33 heavy (non-hydrogen) atoms. The number of aryl methyl sites for hydroxylation is 1. The van der Waals surface area contributed by atoms with Gasteiger partial charge >= 0.3 is 0 Å². The maximum absolute atomic E-state index is 12.9. The van der Waals surface area contributed by atoms with Crippen LogP contribution in [0.1, 0.15) is 32.1 Å². The number of methoxy groups -OCH3 is 1. The fourth-order valence-corrected chi connectivity index (χ4v) is 5.68. The van der Waals surface area contributed by atoms with Crippen molar-refractivity contribution < 1.29 is 17.9 Å². The van der Waals surface area contributed by atoms with Crippen LogP contribution in [0.25, 0.3) is 11.0 Å². The zero-order valence-corrected chi connectivity index (χ0v) is 19.9. The smallest absolute Gasteiger partial charge is 0.243 e. The molecule has 0 aliphatic carbocycles. The maximum Gasteiger partial charge on any atom is 0.243 e. The number of fused-ring (bicyclic) bond motifs is 1. The van der Waals surface area contributed by atoms with E-state index in [0.717, 1.165) is 24.8 Å². The zero-order valence-electron chi connectivity index (χ0n) is 18.3. The molecule has 0 radical (unpaired) electrons. The Morgan fingerprint density at radius 3 is 2.67 bits per heavy atom. The third-order valence-corrected chi connectivity index (χ3v) is 7.84. The van der Waals surface area contributed by atoms with E-state index in [0.29, 0.717) is 48.0 Å². The van der Waals surface area contributed by atoms with Gasteiger partial charge in [0.15, 0.2) is 0 Å². The zero-order chi connectivity index (χ0) is 23.4. The molecular formula is C22H26ClN5O4S. The summed E-state index contributed by atoms with van der Waals surface area (Å²) < 4.78 is 34.1. The predicted octanol–water partition coefficient (Wildman–Crippen LogP) is 3.69. The quantitative estimate of drug-likeness (QED) is 0.515. The number of nitrogens with one attached hydrogen (secondary N) is 1. The van der Waals surface area contributed by atoms with Crippen molar-refractivity contribution in [3.63, 3.8) is 0 Å². The molecule has 2 aromatic carbocycles. The largest absolute Gasteiger partial charge is 0.495 e. The second-order valence-electron chi connectivity index (χ2n) is 7.93. The molecule has 1 aromatic heterocycles. The summed E-state index contributed by atoms with van der Waals surface area (Å²) in [5, 5.41) is 11.5. The normalized spacial score (nSPS) is 15.0. The number of rotatable bonds is 8. The Bertz CT molecular complexity index is 1250. The molecule has 176 valence electrons. The van der Waals surface area contributed by atoms with Gasteiger partial charge in [0.05, 0.1) is 22.5 Å². The van der Waals surface area contributed by atoms with Crippen molar-refractivity contribution in [3.05, 3.63) is 41.4 Å². The average Bonchev–Trinajstić information content (AvgIpc) is 3.22. The van der Waals surface area contributed by atoms with Crippen molar-refractivity contribution in [2.75, 3.05) is 25.5 Å². The Balaban J connectivity index is 1.36. The predicted molar refractivity (Wildman–Crippen MR) is 126 cm³/mol. The summed E-state index contributed by atoms with van der Waals surface area (Å²) in [4.78, 5) is 12.5. The van der Waals surface area contributed by atoms with Gasteiger partial charge in [-0.3, -0.25) is 4.79 Å². The average molecular weight is 492 g/mol. The number of benzene rings is 2. The second kappa shape index (κ2) is 10.1. The lowest BCUT2D eigenvalue weighted by Crippen LogP contribution is -2.35. The highest BCUT2D eigenvalue weighted by molar-refractivity contribution is 7.89. The number of hydrogen-bond donors (Lipinski definition) is 1. The van der Waals surface area contributed by atoms with Crippen LogP contribution in [0.15, 0.2) is 41.3 Å². The second-order valence-corrected chi connectivity index (χ2v) is 10.3. The topological polar surface area (TPSA) is 106 Å². The number of sulfonamides is 1. The van der Waals surface area contributed by atoms with Gasteiger partial charge in [-0.15, -0.1) is 5.10 Å². The van der Waals surface area contributed by atoms with E-state index < -0.39 is 10.0 Å². The molecule has 9 nitrogen and oxygen atoms in total. The number of hydrogen-bond acceptors (Lipinski definition) is 6. The number of ether oxygens (including phenoxy) is 1. The molecule has 1 aliphatic rings. The highest BCUT2D eigenvalue weighted by Gasteiger charge is 2.26. The van der Waals surface area contributed by atoms with Crippen LogP contribution in [0, 0.1) is 0 Å².